The van der Waals surface area contributed by atoms with E-state index >= 15 is 0 Å². The number of aryl methyl sites for hydroxylation is 1. The molecular formula is C19H22N4O2S. The number of aromatic nitrogens is 2. The molecule has 26 heavy (non-hydrogen) atoms. The van der Waals surface area contributed by atoms with Gasteiger partial charge < -0.3 is 10.3 Å². The van der Waals surface area contributed by atoms with Gasteiger partial charge >= 0.3 is 0 Å². The third-order valence-corrected chi connectivity index (χ3v) is 5.69. The molecule has 2 heterocycles. The van der Waals surface area contributed by atoms with Crippen molar-refractivity contribution in [2.75, 3.05) is 18.4 Å². The van der Waals surface area contributed by atoms with Crippen LogP contribution in [0.25, 0.3) is 10.2 Å². The first kappa shape index (κ1) is 18.3. The number of nitrogens with one attached hydrogen (secondary N) is 2. The molecule has 6 nitrogen and oxygen atoms in total. The van der Waals surface area contributed by atoms with Crippen LogP contribution in [0.2, 0.25) is 0 Å². The van der Waals surface area contributed by atoms with Crippen LogP contribution in [0.15, 0.2) is 35.4 Å². The lowest BCUT2D eigenvalue weighted by atomic mass is 10.1. The van der Waals surface area contributed by atoms with Gasteiger partial charge in [0.15, 0.2) is 0 Å². The van der Waals surface area contributed by atoms with E-state index < -0.39 is 0 Å². The molecule has 1 aromatic carbocycles. The Balaban J connectivity index is 1.91. The highest BCUT2D eigenvalue weighted by molar-refractivity contribution is 7.20. The summed E-state index contributed by atoms with van der Waals surface area (Å²) in [4.78, 5) is 35.0. The highest BCUT2D eigenvalue weighted by Gasteiger charge is 2.19. The number of benzene rings is 1. The van der Waals surface area contributed by atoms with Crippen LogP contribution < -0.4 is 10.9 Å². The van der Waals surface area contributed by atoms with Gasteiger partial charge in [0.05, 0.1) is 16.6 Å². The van der Waals surface area contributed by atoms with Crippen molar-refractivity contribution >= 4 is 33.1 Å². The van der Waals surface area contributed by atoms with Crippen LogP contribution in [0, 0.1) is 6.92 Å². The Hall–Kier alpha value is -2.51. The van der Waals surface area contributed by atoms with Gasteiger partial charge in [0.2, 0.25) is 0 Å². The van der Waals surface area contributed by atoms with Crippen molar-refractivity contribution in [2.24, 2.45) is 0 Å². The first-order valence-corrected chi connectivity index (χ1v) is 9.45. The number of carbonyl (C=O) groups excluding carboxylic acids is 1. The van der Waals surface area contributed by atoms with Gasteiger partial charge in [-0.1, -0.05) is 32.0 Å². The van der Waals surface area contributed by atoms with Gasteiger partial charge in [-0.25, -0.2) is 4.98 Å². The number of para-hydroxylation sites is 1. The summed E-state index contributed by atoms with van der Waals surface area (Å²) in [6.07, 6.45) is 1.36. The summed E-state index contributed by atoms with van der Waals surface area (Å²) >= 11 is 1.24. The number of anilines is 1. The van der Waals surface area contributed by atoms with Crippen molar-refractivity contribution in [3.8, 4) is 0 Å². The average molecular weight is 370 g/mol. The van der Waals surface area contributed by atoms with E-state index in [0.29, 0.717) is 20.7 Å². The van der Waals surface area contributed by atoms with Crippen LogP contribution in [-0.4, -0.2) is 33.9 Å². The molecule has 0 aliphatic carbocycles. The third-order valence-electron chi connectivity index (χ3n) is 4.49. The molecule has 0 aliphatic rings. The molecule has 3 rings (SSSR count). The Morgan fingerprint density at radius 2 is 2.00 bits per heavy atom. The summed E-state index contributed by atoms with van der Waals surface area (Å²) in [5.74, 6) is -0.211. The van der Waals surface area contributed by atoms with Gasteiger partial charge in [-0.05, 0) is 37.2 Å². The molecular weight excluding hydrogens is 348 g/mol. The number of amides is 1. The lowest BCUT2D eigenvalue weighted by Gasteiger charge is -2.20. The second kappa shape index (κ2) is 7.80. The number of carbonyl (C=O) groups is 1. The second-order valence-corrected chi connectivity index (χ2v) is 7.04. The van der Waals surface area contributed by atoms with E-state index in [1.54, 1.807) is 6.92 Å². The normalized spacial score (nSPS) is 11.2. The lowest BCUT2D eigenvalue weighted by molar-refractivity contribution is 0.103. The molecule has 7 heteroatoms. The Labute approximate surface area is 155 Å². The van der Waals surface area contributed by atoms with Crippen molar-refractivity contribution in [1.29, 1.82) is 0 Å². The molecule has 3 aromatic rings. The summed E-state index contributed by atoms with van der Waals surface area (Å²) in [6, 6.07) is 7.82. The van der Waals surface area contributed by atoms with Gasteiger partial charge in [-0.3, -0.25) is 14.5 Å². The number of fused-ring (bicyclic) bond motifs is 1. The first-order chi connectivity index (χ1) is 12.5. The molecule has 0 unspecified atom stereocenters. The van der Waals surface area contributed by atoms with Gasteiger partial charge in [0.25, 0.3) is 11.5 Å². The minimum absolute atomic E-state index is 0.211. The van der Waals surface area contributed by atoms with Crippen LogP contribution in [0.3, 0.4) is 0 Å². The number of aromatic amines is 1. The predicted octanol–water partition coefficient (Wildman–Crippen LogP) is 3.39. The number of hydrogen-bond donors (Lipinski definition) is 2. The topological polar surface area (TPSA) is 78.1 Å². The third kappa shape index (κ3) is 3.54. The van der Waals surface area contributed by atoms with E-state index in [1.807, 2.05) is 24.3 Å². The summed E-state index contributed by atoms with van der Waals surface area (Å²) in [7, 11) is 0. The largest absolute Gasteiger partial charge is 0.321 e. The molecule has 1 amide bonds. The maximum atomic E-state index is 12.8. The van der Waals surface area contributed by atoms with E-state index in [1.165, 1.54) is 17.7 Å². The highest BCUT2D eigenvalue weighted by atomic mass is 32.1. The molecule has 0 aliphatic heterocycles. The lowest BCUT2D eigenvalue weighted by Crippen LogP contribution is -2.23. The first-order valence-electron chi connectivity index (χ1n) is 8.63. The highest BCUT2D eigenvalue weighted by Crippen LogP contribution is 2.28. The van der Waals surface area contributed by atoms with Crippen LogP contribution in [0.4, 0.5) is 5.69 Å². The molecule has 0 spiro atoms. The summed E-state index contributed by atoms with van der Waals surface area (Å²) < 4.78 is 0. The Morgan fingerprint density at radius 1 is 1.27 bits per heavy atom. The fourth-order valence-corrected chi connectivity index (χ4v) is 3.99. The smallest absolute Gasteiger partial charge is 0.266 e. The minimum atomic E-state index is -0.218. The number of rotatable bonds is 6. The standard InChI is InChI=1S/C19H22N4O2S/c1-4-23(5-2)10-13-8-6-7-9-14(13)22-18(25)16-12(3)15-17(24)20-11-21-19(15)26-16/h6-9,11H,4-5,10H2,1-3H3,(H,22,25)(H,20,21,24). The van der Waals surface area contributed by atoms with Crippen molar-refractivity contribution in [2.45, 2.75) is 27.3 Å². The Kier molecular flexibility index (Phi) is 5.49. The van der Waals surface area contributed by atoms with Crippen LogP contribution in [0.5, 0.6) is 0 Å². The van der Waals surface area contributed by atoms with Crippen molar-refractivity contribution < 1.29 is 4.79 Å². The molecule has 136 valence electrons. The molecule has 0 fully saturated rings. The summed E-state index contributed by atoms with van der Waals surface area (Å²) in [5, 5.41) is 3.49. The fourth-order valence-electron chi connectivity index (χ4n) is 2.94. The van der Waals surface area contributed by atoms with Gasteiger partial charge in [0.1, 0.15) is 4.83 Å². The Bertz CT molecular complexity index is 989. The molecule has 0 saturated heterocycles. The van der Waals surface area contributed by atoms with Crippen molar-refractivity contribution in [1.82, 2.24) is 14.9 Å². The van der Waals surface area contributed by atoms with Gasteiger partial charge in [0, 0.05) is 12.2 Å². The predicted molar refractivity (Wildman–Crippen MR) is 106 cm³/mol. The Morgan fingerprint density at radius 3 is 2.69 bits per heavy atom. The molecule has 0 atom stereocenters. The SMILES string of the molecule is CCN(CC)Cc1ccccc1NC(=O)c1sc2nc[nH]c(=O)c2c1C. The van der Waals surface area contributed by atoms with Crippen LogP contribution in [-0.2, 0) is 6.54 Å². The average Bonchev–Trinajstić information content (AvgIpc) is 2.99. The maximum absolute atomic E-state index is 12.8. The van der Waals surface area contributed by atoms with Crippen molar-refractivity contribution in [3.05, 3.63) is 57.0 Å². The van der Waals surface area contributed by atoms with E-state index in [2.05, 4.69) is 34.0 Å². The number of nitrogens with zero attached hydrogens (tertiary/aromatic N) is 2. The van der Waals surface area contributed by atoms with Crippen LogP contribution in [0.1, 0.15) is 34.6 Å². The number of H-pyrrole nitrogens is 1. The van der Waals surface area contributed by atoms with E-state index in [9.17, 15) is 9.59 Å². The number of thiophene rings is 1. The molecule has 2 aromatic heterocycles. The summed E-state index contributed by atoms with van der Waals surface area (Å²) in [6.45, 7) is 8.69. The maximum Gasteiger partial charge on any atom is 0.266 e. The zero-order valence-corrected chi connectivity index (χ0v) is 15.9. The summed E-state index contributed by atoms with van der Waals surface area (Å²) in [5.41, 5.74) is 2.31. The van der Waals surface area contributed by atoms with Crippen molar-refractivity contribution in [3.63, 3.8) is 0 Å². The zero-order chi connectivity index (χ0) is 18.7. The molecule has 2 N–H and O–H groups in total. The van der Waals surface area contributed by atoms with Gasteiger partial charge in [-0.15, -0.1) is 11.3 Å². The second-order valence-electron chi connectivity index (χ2n) is 6.04. The quantitative estimate of drug-likeness (QED) is 0.697. The van der Waals surface area contributed by atoms with E-state index in [0.717, 1.165) is 30.9 Å². The fraction of sp³-hybridized carbons (Fsp3) is 0.316. The molecule has 0 bridgehead atoms. The monoisotopic (exact) mass is 370 g/mol. The zero-order valence-electron chi connectivity index (χ0n) is 15.1. The van der Waals surface area contributed by atoms with E-state index in [4.69, 9.17) is 0 Å². The molecule has 0 radical (unpaired) electrons. The van der Waals surface area contributed by atoms with Crippen LogP contribution >= 0.6 is 11.3 Å². The van der Waals surface area contributed by atoms with Gasteiger partial charge in [-0.2, -0.15) is 0 Å². The minimum Gasteiger partial charge on any atom is -0.321 e. The van der Waals surface area contributed by atoms with E-state index in [-0.39, 0.29) is 11.5 Å². The number of hydrogen-bond acceptors (Lipinski definition) is 5. The molecule has 0 saturated carbocycles.